The lowest BCUT2D eigenvalue weighted by atomic mass is 9.92. The molecule has 1 aliphatic heterocycles. The van der Waals surface area contributed by atoms with Crippen molar-refractivity contribution in [1.29, 1.82) is 0 Å². The van der Waals surface area contributed by atoms with Gasteiger partial charge in [-0.1, -0.05) is 13.8 Å². The second-order valence-electron chi connectivity index (χ2n) is 5.88. The Kier molecular flexibility index (Phi) is 6.00. The first-order valence-electron chi connectivity index (χ1n) is 7.94. The molecule has 0 aliphatic carbocycles. The van der Waals surface area contributed by atoms with Crippen LogP contribution in [0, 0.1) is 11.7 Å². The lowest BCUT2D eigenvalue weighted by molar-refractivity contribution is 0.122. The Bertz CT molecular complexity index is 446. The van der Waals surface area contributed by atoms with Gasteiger partial charge < -0.3 is 9.84 Å². The van der Waals surface area contributed by atoms with Crippen molar-refractivity contribution < 1.29 is 14.2 Å². The van der Waals surface area contributed by atoms with Crippen LogP contribution < -0.4 is 4.74 Å². The highest BCUT2D eigenvalue weighted by atomic mass is 19.1. The summed E-state index contributed by atoms with van der Waals surface area (Å²) >= 11 is 0. The van der Waals surface area contributed by atoms with E-state index in [2.05, 4.69) is 11.8 Å². The number of benzene rings is 1. The van der Waals surface area contributed by atoms with Gasteiger partial charge in [0.25, 0.3) is 0 Å². The highest BCUT2D eigenvalue weighted by molar-refractivity contribution is 5.37. The summed E-state index contributed by atoms with van der Waals surface area (Å²) in [6.45, 7) is 6.77. The van der Waals surface area contributed by atoms with Crippen molar-refractivity contribution in [2.75, 3.05) is 26.3 Å². The minimum Gasteiger partial charge on any atom is -0.493 e. The van der Waals surface area contributed by atoms with Crippen LogP contribution in [0.4, 0.5) is 4.39 Å². The van der Waals surface area contributed by atoms with Gasteiger partial charge in [0, 0.05) is 18.2 Å². The molecule has 0 aromatic heterocycles. The molecule has 3 nitrogen and oxygen atoms in total. The fraction of sp³-hybridized carbons (Fsp3) is 0.647. The van der Waals surface area contributed by atoms with Crippen molar-refractivity contribution in [3.8, 4) is 5.75 Å². The average molecular weight is 295 g/mol. The minimum atomic E-state index is -0.247. The van der Waals surface area contributed by atoms with Crippen LogP contribution >= 0.6 is 0 Å². The average Bonchev–Trinajstić information content (AvgIpc) is 3.00. The summed E-state index contributed by atoms with van der Waals surface area (Å²) in [6, 6.07) is 4.74. The molecule has 1 saturated heterocycles. The van der Waals surface area contributed by atoms with E-state index in [1.807, 2.05) is 6.92 Å². The SMILES string of the molecule is CCCOc1ccc(F)cc1C(C(C)CO)N1CCCC1. The van der Waals surface area contributed by atoms with Gasteiger partial charge >= 0.3 is 0 Å². The quantitative estimate of drug-likeness (QED) is 0.837. The highest BCUT2D eigenvalue weighted by Gasteiger charge is 2.30. The van der Waals surface area contributed by atoms with Crippen LogP contribution in [0.15, 0.2) is 18.2 Å². The molecule has 0 radical (unpaired) electrons. The Hall–Kier alpha value is -1.13. The predicted octanol–water partition coefficient (Wildman–Crippen LogP) is 3.38. The molecule has 2 rings (SSSR count). The Morgan fingerprint density at radius 1 is 1.33 bits per heavy atom. The van der Waals surface area contributed by atoms with Crippen LogP contribution in [-0.2, 0) is 0 Å². The van der Waals surface area contributed by atoms with Gasteiger partial charge in [0.2, 0.25) is 0 Å². The molecule has 1 heterocycles. The van der Waals surface area contributed by atoms with Crippen molar-refractivity contribution in [2.24, 2.45) is 5.92 Å². The molecular weight excluding hydrogens is 269 g/mol. The maximum Gasteiger partial charge on any atom is 0.124 e. The molecule has 2 unspecified atom stereocenters. The van der Waals surface area contributed by atoms with Crippen LogP contribution in [0.1, 0.15) is 44.7 Å². The van der Waals surface area contributed by atoms with E-state index < -0.39 is 0 Å². The molecule has 0 saturated carbocycles. The topological polar surface area (TPSA) is 32.7 Å². The lowest BCUT2D eigenvalue weighted by Crippen LogP contribution is -2.32. The number of hydrogen-bond donors (Lipinski definition) is 1. The Morgan fingerprint density at radius 3 is 2.67 bits per heavy atom. The van der Waals surface area contributed by atoms with Crippen molar-refractivity contribution in [1.82, 2.24) is 4.90 Å². The second-order valence-corrected chi connectivity index (χ2v) is 5.88. The molecule has 1 aliphatic rings. The third kappa shape index (κ3) is 3.95. The van der Waals surface area contributed by atoms with E-state index in [4.69, 9.17) is 4.74 Å². The standard InChI is InChI=1S/C17H26FNO2/c1-3-10-21-16-7-6-14(18)11-15(16)17(13(2)12-20)19-8-4-5-9-19/h6-7,11,13,17,20H,3-5,8-10,12H2,1-2H3. The number of likely N-dealkylation sites (tertiary alicyclic amines) is 1. The number of hydrogen-bond acceptors (Lipinski definition) is 3. The first kappa shape index (κ1) is 16.2. The van der Waals surface area contributed by atoms with Crippen molar-refractivity contribution in [2.45, 2.75) is 39.2 Å². The zero-order valence-electron chi connectivity index (χ0n) is 13.0. The van der Waals surface area contributed by atoms with E-state index in [-0.39, 0.29) is 24.4 Å². The number of rotatable bonds is 7. The monoisotopic (exact) mass is 295 g/mol. The van der Waals surface area contributed by atoms with Gasteiger partial charge in [0.05, 0.1) is 6.61 Å². The van der Waals surface area contributed by atoms with Crippen molar-refractivity contribution >= 4 is 0 Å². The van der Waals surface area contributed by atoms with E-state index in [1.54, 1.807) is 12.1 Å². The van der Waals surface area contributed by atoms with Crippen LogP contribution in [0.25, 0.3) is 0 Å². The predicted molar refractivity (Wildman–Crippen MR) is 82.0 cm³/mol. The number of aliphatic hydroxyl groups is 1. The van der Waals surface area contributed by atoms with E-state index >= 15 is 0 Å². The van der Waals surface area contributed by atoms with E-state index in [0.29, 0.717) is 6.61 Å². The smallest absolute Gasteiger partial charge is 0.124 e. The molecule has 1 aromatic rings. The van der Waals surface area contributed by atoms with Crippen LogP contribution in [0.5, 0.6) is 5.75 Å². The largest absolute Gasteiger partial charge is 0.493 e. The fourth-order valence-corrected chi connectivity index (χ4v) is 3.08. The van der Waals surface area contributed by atoms with Gasteiger partial charge in [-0.3, -0.25) is 4.90 Å². The first-order valence-corrected chi connectivity index (χ1v) is 7.94. The Labute approximate surface area is 126 Å². The Balaban J connectivity index is 2.34. The normalized spacial score (nSPS) is 18.7. The van der Waals surface area contributed by atoms with Crippen molar-refractivity contribution in [3.63, 3.8) is 0 Å². The highest BCUT2D eigenvalue weighted by Crippen LogP contribution is 2.37. The zero-order valence-corrected chi connectivity index (χ0v) is 13.0. The van der Waals surface area contributed by atoms with Crippen LogP contribution in [0.3, 0.4) is 0 Å². The van der Waals surface area contributed by atoms with Gasteiger partial charge in [0.15, 0.2) is 0 Å². The molecule has 0 amide bonds. The van der Waals surface area contributed by atoms with Crippen LogP contribution in [-0.4, -0.2) is 36.3 Å². The van der Waals surface area contributed by atoms with Gasteiger partial charge in [-0.05, 0) is 56.5 Å². The molecule has 0 bridgehead atoms. The molecule has 118 valence electrons. The van der Waals surface area contributed by atoms with Crippen LogP contribution in [0.2, 0.25) is 0 Å². The molecule has 4 heteroatoms. The number of aliphatic hydroxyl groups excluding tert-OH is 1. The van der Waals surface area contributed by atoms with E-state index in [0.717, 1.165) is 43.7 Å². The molecule has 1 N–H and O–H groups in total. The molecule has 2 atom stereocenters. The van der Waals surface area contributed by atoms with Gasteiger partial charge in [-0.2, -0.15) is 0 Å². The Morgan fingerprint density at radius 2 is 2.05 bits per heavy atom. The number of ether oxygens (including phenoxy) is 1. The molecule has 1 aromatic carbocycles. The molecule has 1 fully saturated rings. The fourth-order valence-electron chi connectivity index (χ4n) is 3.08. The van der Waals surface area contributed by atoms with E-state index in [1.165, 1.54) is 6.07 Å². The first-order chi connectivity index (χ1) is 10.2. The van der Waals surface area contributed by atoms with Gasteiger partial charge in [0.1, 0.15) is 11.6 Å². The summed E-state index contributed by atoms with van der Waals surface area (Å²) in [5, 5.41) is 9.60. The summed E-state index contributed by atoms with van der Waals surface area (Å²) in [5.74, 6) is 0.549. The third-order valence-corrected chi connectivity index (χ3v) is 4.11. The van der Waals surface area contributed by atoms with Gasteiger partial charge in [-0.15, -0.1) is 0 Å². The second kappa shape index (κ2) is 7.76. The maximum absolute atomic E-state index is 13.7. The number of halogens is 1. The maximum atomic E-state index is 13.7. The third-order valence-electron chi connectivity index (χ3n) is 4.11. The summed E-state index contributed by atoms with van der Waals surface area (Å²) in [5.41, 5.74) is 0.868. The summed E-state index contributed by atoms with van der Waals surface area (Å²) in [6.07, 6.45) is 3.24. The lowest BCUT2D eigenvalue weighted by Gasteiger charge is -2.33. The summed E-state index contributed by atoms with van der Waals surface area (Å²) in [4.78, 5) is 2.34. The molecule has 21 heavy (non-hydrogen) atoms. The molecular formula is C17H26FNO2. The van der Waals surface area contributed by atoms with E-state index in [9.17, 15) is 9.50 Å². The summed E-state index contributed by atoms with van der Waals surface area (Å²) in [7, 11) is 0. The minimum absolute atomic E-state index is 0.0139. The van der Waals surface area contributed by atoms with Gasteiger partial charge in [-0.25, -0.2) is 4.39 Å². The van der Waals surface area contributed by atoms with Crippen molar-refractivity contribution in [3.05, 3.63) is 29.6 Å². The summed E-state index contributed by atoms with van der Waals surface area (Å²) < 4.78 is 19.5. The zero-order chi connectivity index (χ0) is 15.2. The molecule has 0 spiro atoms. The number of nitrogens with zero attached hydrogens (tertiary/aromatic N) is 1.